The van der Waals surface area contributed by atoms with Crippen LogP contribution in [0.25, 0.3) is 0 Å². The van der Waals surface area contributed by atoms with E-state index in [1.165, 1.54) is 6.92 Å². The molecule has 0 heterocycles. The molecule has 0 saturated carbocycles. The smallest absolute Gasteiger partial charge is 0.190 e. The summed E-state index contributed by atoms with van der Waals surface area (Å²) in [6, 6.07) is 0. The Balaban J connectivity index is 2.90. The van der Waals surface area contributed by atoms with Crippen LogP contribution < -0.4 is 0 Å². The van der Waals surface area contributed by atoms with Gasteiger partial charge in [-0.25, -0.2) is 13.2 Å². The van der Waals surface area contributed by atoms with Gasteiger partial charge in [0.15, 0.2) is 11.7 Å². The largest absolute Gasteiger partial charge is 0.208 e. The van der Waals surface area contributed by atoms with Crippen LogP contribution in [0.3, 0.4) is 0 Å². The van der Waals surface area contributed by atoms with E-state index < -0.39 is 17.5 Å². The standard InChI is InChI=1S/C10H13F3/c1-3-4-7-5-8(11)10(13)9(12)6(7)2/h7H,3-5H2,1-2H3. The molecule has 0 spiro atoms. The third-order valence-electron chi connectivity index (χ3n) is 2.45. The molecule has 74 valence electrons. The quantitative estimate of drug-likeness (QED) is 0.612. The lowest BCUT2D eigenvalue weighted by molar-refractivity contribution is 0.394. The van der Waals surface area contributed by atoms with E-state index in [0.29, 0.717) is 12.0 Å². The first-order valence-corrected chi connectivity index (χ1v) is 4.48. The summed E-state index contributed by atoms with van der Waals surface area (Å²) in [6.45, 7) is 3.47. The SMILES string of the molecule is CCCC1CC(F)=C(F)C(F)=C1C. The van der Waals surface area contributed by atoms with Crippen molar-refractivity contribution in [2.45, 2.75) is 33.1 Å². The molecule has 13 heavy (non-hydrogen) atoms. The monoisotopic (exact) mass is 190 g/mol. The number of hydrogen-bond donors (Lipinski definition) is 0. The molecule has 1 atom stereocenters. The highest BCUT2D eigenvalue weighted by atomic mass is 19.2. The second-order valence-electron chi connectivity index (χ2n) is 3.41. The molecule has 1 rings (SSSR count). The Labute approximate surface area is 76.1 Å². The van der Waals surface area contributed by atoms with E-state index >= 15 is 0 Å². The minimum atomic E-state index is -1.30. The fraction of sp³-hybridized carbons (Fsp3) is 0.600. The van der Waals surface area contributed by atoms with Crippen molar-refractivity contribution in [2.75, 3.05) is 0 Å². The van der Waals surface area contributed by atoms with Crippen LogP contribution in [0.5, 0.6) is 0 Å². The molecule has 1 aliphatic rings. The van der Waals surface area contributed by atoms with E-state index in [2.05, 4.69) is 0 Å². The van der Waals surface area contributed by atoms with Crippen LogP contribution in [0.1, 0.15) is 33.1 Å². The molecule has 0 bridgehead atoms. The number of allylic oxidation sites excluding steroid dienone is 4. The summed E-state index contributed by atoms with van der Waals surface area (Å²) in [5.41, 5.74) is 0.348. The van der Waals surface area contributed by atoms with E-state index in [4.69, 9.17) is 0 Å². The van der Waals surface area contributed by atoms with Crippen LogP contribution in [0.4, 0.5) is 13.2 Å². The van der Waals surface area contributed by atoms with Crippen LogP contribution in [-0.4, -0.2) is 0 Å². The summed E-state index contributed by atoms with van der Waals surface area (Å²) < 4.78 is 38.5. The van der Waals surface area contributed by atoms with Crippen LogP contribution in [0.15, 0.2) is 23.1 Å². The molecule has 0 amide bonds. The Hall–Kier alpha value is -0.730. The van der Waals surface area contributed by atoms with Crippen LogP contribution in [0, 0.1) is 5.92 Å². The van der Waals surface area contributed by atoms with Gasteiger partial charge in [-0.1, -0.05) is 13.3 Å². The molecule has 1 unspecified atom stereocenters. The average molecular weight is 190 g/mol. The number of rotatable bonds is 2. The first-order valence-electron chi connectivity index (χ1n) is 4.48. The summed E-state index contributed by atoms with van der Waals surface area (Å²) in [5, 5.41) is 0. The van der Waals surface area contributed by atoms with Crippen molar-refractivity contribution >= 4 is 0 Å². The van der Waals surface area contributed by atoms with Gasteiger partial charge in [0.2, 0.25) is 0 Å². The molecule has 0 aliphatic heterocycles. The lowest BCUT2D eigenvalue weighted by atomic mass is 9.87. The Morgan fingerprint density at radius 3 is 2.38 bits per heavy atom. The maximum atomic E-state index is 13.0. The molecule has 0 fully saturated rings. The molecule has 0 radical (unpaired) electrons. The molecule has 0 saturated heterocycles. The molecular formula is C10H13F3. The lowest BCUT2D eigenvalue weighted by Gasteiger charge is -2.20. The van der Waals surface area contributed by atoms with Crippen molar-refractivity contribution in [3.63, 3.8) is 0 Å². The van der Waals surface area contributed by atoms with Gasteiger partial charge in [-0.05, 0) is 24.8 Å². The zero-order chi connectivity index (χ0) is 10.0. The van der Waals surface area contributed by atoms with Crippen molar-refractivity contribution in [1.29, 1.82) is 0 Å². The van der Waals surface area contributed by atoms with Gasteiger partial charge in [-0.2, -0.15) is 0 Å². The summed E-state index contributed by atoms with van der Waals surface area (Å²) >= 11 is 0. The fourth-order valence-electron chi connectivity index (χ4n) is 1.60. The summed E-state index contributed by atoms with van der Waals surface area (Å²) in [5.74, 6) is -3.40. The molecule has 0 aromatic heterocycles. The first-order chi connectivity index (χ1) is 6.07. The van der Waals surface area contributed by atoms with Crippen LogP contribution >= 0.6 is 0 Å². The third-order valence-corrected chi connectivity index (χ3v) is 2.45. The summed E-state index contributed by atoms with van der Waals surface area (Å²) in [6.07, 6.45) is 1.57. The van der Waals surface area contributed by atoms with E-state index in [1.807, 2.05) is 6.92 Å². The van der Waals surface area contributed by atoms with Gasteiger partial charge in [0.05, 0.1) is 0 Å². The van der Waals surface area contributed by atoms with Gasteiger partial charge in [0.1, 0.15) is 5.83 Å². The maximum Gasteiger partial charge on any atom is 0.190 e. The van der Waals surface area contributed by atoms with Crippen molar-refractivity contribution in [3.05, 3.63) is 23.1 Å². The van der Waals surface area contributed by atoms with Crippen LogP contribution in [0.2, 0.25) is 0 Å². The van der Waals surface area contributed by atoms with Crippen molar-refractivity contribution in [3.8, 4) is 0 Å². The third kappa shape index (κ3) is 1.95. The minimum Gasteiger partial charge on any atom is -0.208 e. The van der Waals surface area contributed by atoms with Crippen molar-refractivity contribution in [1.82, 2.24) is 0 Å². The number of hydrogen-bond acceptors (Lipinski definition) is 0. The molecule has 3 heteroatoms. The second kappa shape index (κ2) is 3.99. The predicted molar refractivity (Wildman–Crippen MR) is 46.1 cm³/mol. The van der Waals surface area contributed by atoms with Gasteiger partial charge in [-0.15, -0.1) is 0 Å². The van der Waals surface area contributed by atoms with Crippen LogP contribution in [-0.2, 0) is 0 Å². The lowest BCUT2D eigenvalue weighted by Crippen LogP contribution is -2.09. The number of halogens is 3. The Morgan fingerprint density at radius 2 is 1.85 bits per heavy atom. The normalized spacial score (nSPS) is 24.2. The van der Waals surface area contributed by atoms with E-state index in [0.717, 1.165) is 6.42 Å². The van der Waals surface area contributed by atoms with Gasteiger partial charge >= 0.3 is 0 Å². The highest BCUT2D eigenvalue weighted by Gasteiger charge is 2.27. The van der Waals surface area contributed by atoms with Crippen molar-refractivity contribution < 1.29 is 13.2 Å². The highest BCUT2D eigenvalue weighted by molar-refractivity contribution is 5.32. The highest BCUT2D eigenvalue weighted by Crippen LogP contribution is 2.38. The van der Waals surface area contributed by atoms with Crippen molar-refractivity contribution in [2.24, 2.45) is 5.92 Å². The average Bonchev–Trinajstić information content (AvgIpc) is 2.11. The molecule has 0 nitrogen and oxygen atoms in total. The summed E-state index contributed by atoms with van der Waals surface area (Å²) in [4.78, 5) is 0. The minimum absolute atomic E-state index is 0.0128. The fourth-order valence-corrected chi connectivity index (χ4v) is 1.60. The van der Waals surface area contributed by atoms with E-state index in [9.17, 15) is 13.2 Å². The molecule has 0 aromatic carbocycles. The predicted octanol–water partition coefficient (Wildman–Crippen LogP) is 4.20. The van der Waals surface area contributed by atoms with Gasteiger partial charge in [0.25, 0.3) is 0 Å². The van der Waals surface area contributed by atoms with E-state index in [-0.39, 0.29) is 12.3 Å². The molecule has 1 aliphatic carbocycles. The zero-order valence-corrected chi connectivity index (χ0v) is 7.83. The first kappa shape index (κ1) is 10.4. The summed E-state index contributed by atoms with van der Waals surface area (Å²) in [7, 11) is 0. The second-order valence-corrected chi connectivity index (χ2v) is 3.41. The van der Waals surface area contributed by atoms with Gasteiger partial charge in [-0.3, -0.25) is 0 Å². The topological polar surface area (TPSA) is 0 Å². The Kier molecular flexibility index (Phi) is 3.17. The Bertz CT molecular complexity index is 263. The molecule has 0 N–H and O–H groups in total. The van der Waals surface area contributed by atoms with Gasteiger partial charge in [0, 0.05) is 6.42 Å². The molecule has 0 aromatic rings. The maximum absolute atomic E-state index is 13.0. The zero-order valence-electron chi connectivity index (χ0n) is 7.83. The molecular weight excluding hydrogens is 177 g/mol. The van der Waals surface area contributed by atoms with Gasteiger partial charge < -0.3 is 0 Å². The Morgan fingerprint density at radius 1 is 1.23 bits per heavy atom. The van der Waals surface area contributed by atoms with E-state index in [1.54, 1.807) is 0 Å².